The predicted octanol–water partition coefficient (Wildman–Crippen LogP) is 5.85. The molecule has 1 saturated carbocycles. The Morgan fingerprint density at radius 3 is 2.77 bits per heavy atom. The maximum absolute atomic E-state index is 13.6. The van der Waals surface area contributed by atoms with E-state index in [2.05, 4.69) is 22.1 Å². The van der Waals surface area contributed by atoms with Crippen LogP contribution in [0.3, 0.4) is 0 Å². The second-order valence-electron chi connectivity index (χ2n) is 7.48. The number of amides is 1. The van der Waals surface area contributed by atoms with Gasteiger partial charge in [-0.3, -0.25) is 4.79 Å². The van der Waals surface area contributed by atoms with Crippen molar-refractivity contribution < 1.29 is 26.8 Å². The maximum Gasteiger partial charge on any atom is 0.420 e. The van der Waals surface area contributed by atoms with Crippen LogP contribution in [0.4, 0.5) is 13.2 Å². The third-order valence-electron chi connectivity index (χ3n) is 5.27. The number of carbonyl (C=O) groups is 1. The number of allylic oxidation sites excluding steroid dienone is 1. The van der Waals surface area contributed by atoms with Crippen LogP contribution < -0.4 is 5.32 Å². The highest BCUT2D eigenvalue weighted by Gasteiger charge is 2.38. The lowest BCUT2D eigenvalue weighted by Gasteiger charge is -2.09. The standard InChI is InChI=1S/C21H19ClF3N3O3/c1-2-11(20-28-27-10-30-20)4-3-7-26-19(29)18-16(22)14-8-13(12-5-6-12)9-15(17(14)31-18)21(23,24)25/h2,8-12H,1,3-7H2,(H,26,29). The van der Waals surface area contributed by atoms with Gasteiger partial charge in [0.15, 0.2) is 0 Å². The molecule has 3 aromatic rings. The number of hydrogen-bond donors (Lipinski definition) is 1. The van der Waals surface area contributed by atoms with Gasteiger partial charge < -0.3 is 14.2 Å². The highest BCUT2D eigenvalue weighted by molar-refractivity contribution is 6.38. The molecule has 2 aromatic heterocycles. The Bertz CT molecular complexity index is 1100. The van der Waals surface area contributed by atoms with Crippen molar-refractivity contribution in [3.05, 3.63) is 59.0 Å². The highest BCUT2D eigenvalue weighted by atomic mass is 35.5. The predicted molar refractivity (Wildman–Crippen MR) is 107 cm³/mol. The number of fused-ring (bicyclic) bond motifs is 1. The summed E-state index contributed by atoms with van der Waals surface area (Å²) in [5.41, 5.74) is -0.776. The third-order valence-corrected chi connectivity index (χ3v) is 5.64. The SMILES string of the molecule is C=CC(CCCNC(=O)c1oc2c(C(F)(F)F)cc(C3CC3)cc2c1Cl)c1nnco1. The largest absolute Gasteiger partial charge is 0.449 e. The highest BCUT2D eigenvalue weighted by Crippen LogP contribution is 2.46. The second-order valence-corrected chi connectivity index (χ2v) is 7.86. The summed E-state index contributed by atoms with van der Waals surface area (Å²) >= 11 is 6.26. The van der Waals surface area contributed by atoms with E-state index in [9.17, 15) is 18.0 Å². The Labute approximate surface area is 180 Å². The fourth-order valence-corrected chi connectivity index (χ4v) is 3.76. The molecule has 1 atom stereocenters. The van der Waals surface area contributed by atoms with Gasteiger partial charge in [0, 0.05) is 11.9 Å². The number of carbonyl (C=O) groups excluding carboxylic acids is 1. The Morgan fingerprint density at radius 2 is 2.16 bits per heavy atom. The molecule has 0 aliphatic heterocycles. The number of aromatic nitrogens is 2. The minimum Gasteiger partial charge on any atom is -0.449 e. The van der Waals surface area contributed by atoms with E-state index in [1.165, 1.54) is 6.39 Å². The van der Waals surface area contributed by atoms with Gasteiger partial charge in [-0.05, 0) is 49.3 Å². The molecule has 10 heteroatoms. The van der Waals surface area contributed by atoms with E-state index in [0.717, 1.165) is 18.9 Å². The van der Waals surface area contributed by atoms with Crippen molar-refractivity contribution in [2.24, 2.45) is 0 Å². The maximum atomic E-state index is 13.6. The molecule has 1 aliphatic rings. The molecule has 2 heterocycles. The zero-order valence-corrected chi connectivity index (χ0v) is 17.1. The van der Waals surface area contributed by atoms with Crippen molar-refractivity contribution in [2.45, 2.75) is 43.7 Å². The topological polar surface area (TPSA) is 81.2 Å². The van der Waals surface area contributed by atoms with Crippen LogP contribution in [0.15, 0.2) is 40.0 Å². The van der Waals surface area contributed by atoms with Gasteiger partial charge in [-0.25, -0.2) is 0 Å². The summed E-state index contributed by atoms with van der Waals surface area (Å²) < 4.78 is 51.2. The molecule has 1 fully saturated rings. The van der Waals surface area contributed by atoms with Gasteiger partial charge in [-0.2, -0.15) is 13.2 Å². The number of benzene rings is 1. The molecule has 1 N–H and O–H groups in total. The lowest BCUT2D eigenvalue weighted by Crippen LogP contribution is -2.24. The zero-order valence-electron chi connectivity index (χ0n) is 16.3. The molecule has 1 aliphatic carbocycles. The molecule has 0 saturated heterocycles. The van der Waals surface area contributed by atoms with E-state index >= 15 is 0 Å². The van der Waals surface area contributed by atoms with E-state index in [-0.39, 0.29) is 34.5 Å². The van der Waals surface area contributed by atoms with Crippen LogP contribution in [0.25, 0.3) is 11.0 Å². The van der Waals surface area contributed by atoms with Gasteiger partial charge in [0.2, 0.25) is 18.0 Å². The van der Waals surface area contributed by atoms with Crippen LogP contribution in [0.1, 0.15) is 65.1 Å². The van der Waals surface area contributed by atoms with Crippen LogP contribution in [-0.2, 0) is 6.18 Å². The summed E-state index contributed by atoms with van der Waals surface area (Å²) in [5, 5.41) is 10.1. The van der Waals surface area contributed by atoms with Crippen LogP contribution in [0, 0.1) is 0 Å². The molecule has 164 valence electrons. The number of furan rings is 1. The molecule has 31 heavy (non-hydrogen) atoms. The van der Waals surface area contributed by atoms with Gasteiger partial charge in [-0.15, -0.1) is 16.8 Å². The van der Waals surface area contributed by atoms with Gasteiger partial charge in [0.1, 0.15) is 5.58 Å². The Hall–Kier alpha value is -2.81. The van der Waals surface area contributed by atoms with E-state index in [0.29, 0.717) is 24.3 Å². The molecule has 6 nitrogen and oxygen atoms in total. The van der Waals surface area contributed by atoms with Crippen LogP contribution in [-0.4, -0.2) is 22.6 Å². The Balaban J connectivity index is 1.49. The molecule has 0 spiro atoms. The average molecular weight is 454 g/mol. The molecular formula is C21H19ClF3N3O3. The summed E-state index contributed by atoms with van der Waals surface area (Å²) in [5.74, 6) is -0.648. The minimum atomic E-state index is -4.62. The van der Waals surface area contributed by atoms with Gasteiger partial charge in [-0.1, -0.05) is 17.7 Å². The lowest BCUT2D eigenvalue weighted by molar-refractivity contribution is -0.136. The summed E-state index contributed by atoms with van der Waals surface area (Å²) in [4.78, 5) is 12.5. The smallest absolute Gasteiger partial charge is 0.420 e. The van der Waals surface area contributed by atoms with E-state index < -0.39 is 23.2 Å². The summed E-state index contributed by atoms with van der Waals surface area (Å²) in [6.07, 6.45) is 1.07. The molecule has 1 unspecified atom stereocenters. The Morgan fingerprint density at radius 1 is 1.39 bits per heavy atom. The van der Waals surface area contributed by atoms with E-state index in [1.54, 1.807) is 12.1 Å². The molecule has 1 amide bonds. The first-order valence-electron chi connectivity index (χ1n) is 9.79. The average Bonchev–Trinajstić information content (AvgIpc) is 3.34. The van der Waals surface area contributed by atoms with Gasteiger partial charge in [0.05, 0.1) is 16.5 Å². The fraction of sp³-hybridized carbons (Fsp3) is 0.381. The number of hydrogen-bond acceptors (Lipinski definition) is 5. The molecule has 0 bridgehead atoms. The first-order chi connectivity index (χ1) is 14.8. The van der Waals surface area contributed by atoms with E-state index in [4.69, 9.17) is 20.4 Å². The van der Waals surface area contributed by atoms with Crippen molar-refractivity contribution in [1.29, 1.82) is 0 Å². The quantitative estimate of drug-likeness (QED) is 0.342. The normalized spacial score (nSPS) is 15.2. The van der Waals surface area contributed by atoms with Crippen molar-refractivity contribution in [3.63, 3.8) is 0 Å². The van der Waals surface area contributed by atoms with Crippen molar-refractivity contribution >= 4 is 28.5 Å². The number of nitrogens with one attached hydrogen (secondary N) is 1. The first-order valence-corrected chi connectivity index (χ1v) is 10.2. The van der Waals surface area contributed by atoms with Crippen LogP contribution in [0.2, 0.25) is 5.02 Å². The zero-order chi connectivity index (χ0) is 22.2. The number of halogens is 4. The fourth-order valence-electron chi connectivity index (χ4n) is 3.49. The number of rotatable bonds is 8. The van der Waals surface area contributed by atoms with Crippen LogP contribution >= 0.6 is 11.6 Å². The monoisotopic (exact) mass is 453 g/mol. The van der Waals surface area contributed by atoms with Crippen LogP contribution in [0.5, 0.6) is 0 Å². The lowest BCUT2D eigenvalue weighted by atomic mass is 10.0. The molecular weight excluding hydrogens is 435 g/mol. The van der Waals surface area contributed by atoms with Crippen molar-refractivity contribution in [1.82, 2.24) is 15.5 Å². The van der Waals surface area contributed by atoms with Gasteiger partial charge >= 0.3 is 6.18 Å². The Kier molecular flexibility index (Phi) is 5.79. The molecule has 1 aromatic carbocycles. The second kappa shape index (κ2) is 8.37. The van der Waals surface area contributed by atoms with Gasteiger partial charge in [0.25, 0.3) is 5.91 Å². The first kappa shape index (κ1) is 21.4. The van der Waals surface area contributed by atoms with Crippen molar-refractivity contribution in [2.75, 3.05) is 6.54 Å². The number of alkyl halides is 3. The number of nitrogens with zero attached hydrogens (tertiary/aromatic N) is 2. The summed E-state index contributed by atoms with van der Waals surface area (Å²) in [6.45, 7) is 3.98. The van der Waals surface area contributed by atoms with Crippen molar-refractivity contribution in [3.8, 4) is 0 Å². The summed E-state index contributed by atoms with van der Waals surface area (Å²) in [7, 11) is 0. The summed E-state index contributed by atoms with van der Waals surface area (Å²) in [6, 6.07) is 2.68. The molecule has 0 radical (unpaired) electrons. The molecule has 4 rings (SSSR count). The van der Waals surface area contributed by atoms with E-state index in [1.807, 2.05) is 0 Å². The third kappa shape index (κ3) is 4.46. The minimum absolute atomic E-state index is 0.0883.